The monoisotopic (exact) mass is 268 g/mol. The largest absolute Gasteiger partial charge is 0.465 e. The Hall–Kier alpha value is -0.940. The van der Waals surface area contributed by atoms with Crippen molar-refractivity contribution in [2.45, 2.75) is 26.2 Å². The summed E-state index contributed by atoms with van der Waals surface area (Å²) in [5.74, 6) is 0.408. The minimum absolute atomic E-state index is 0.280. The lowest BCUT2D eigenvalue weighted by molar-refractivity contribution is 0.0606. The summed E-state index contributed by atoms with van der Waals surface area (Å²) < 4.78 is 4.69. The Labute approximate surface area is 112 Å². The fraction of sp³-hybridized carbons (Fsp3) is 0.692. The van der Waals surface area contributed by atoms with E-state index in [-0.39, 0.29) is 5.97 Å². The molecule has 4 nitrogen and oxygen atoms in total. The molecule has 1 fully saturated rings. The second-order valence-electron chi connectivity index (χ2n) is 4.77. The predicted molar refractivity (Wildman–Crippen MR) is 72.0 cm³/mol. The van der Waals surface area contributed by atoms with Gasteiger partial charge in [0.05, 0.1) is 18.3 Å². The van der Waals surface area contributed by atoms with Gasteiger partial charge < -0.3 is 9.64 Å². The van der Waals surface area contributed by atoms with Gasteiger partial charge >= 0.3 is 5.97 Å². The van der Waals surface area contributed by atoms with Gasteiger partial charge in [0.1, 0.15) is 4.88 Å². The van der Waals surface area contributed by atoms with Gasteiger partial charge in [0, 0.05) is 13.0 Å². The van der Waals surface area contributed by atoms with Crippen molar-refractivity contribution in [3.05, 3.63) is 16.1 Å². The van der Waals surface area contributed by atoms with E-state index in [1.165, 1.54) is 50.9 Å². The summed E-state index contributed by atoms with van der Waals surface area (Å²) in [7, 11) is 1.40. The Bertz CT molecular complexity index is 405. The van der Waals surface area contributed by atoms with E-state index in [4.69, 9.17) is 4.74 Å². The lowest BCUT2D eigenvalue weighted by atomic mass is 10.1. The normalized spacial score (nSPS) is 20.2. The van der Waals surface area contributed by atoms with Crippen LogP contribution in [-0.4, -0.2) is 42.6 Å². The van der Waals surface area contributed by atoms with Crippen molar-refractivity contribution in [1.82, 2.24) is 9.88 Å². The number of ether oxygens (including phenoxy) is 1. The van der Waals surface area contributed by atoms with E-state index in [2.05, 4.69) is 16.8 Å². The third kappa shape index (κ3) is 3.29. The number of likely N-dealkylation sites (tertiary alicyclic amines) is 1. The molecule has 0 radical (unpaired) electrons. The Morgan fingerprint density at radius 1 is 1.67 bits per heavy atom. The van der Waals surface area contributed by atoms with Gasteiger partial charge in [-0.25, -0.2) is 9.78 Å². The summed E-state index contributed by atoms with van der Waals surface area (Å²) in [5.41, 5.74) is 0. The maximum Gasteiger partial charge on any atom is 0.349 e. The highest BCUT2D eigenvalue weighted by Crippen LogP contribution is 2.23. The summed E-state index contributed by atoms with van der Waals surface area (Å²) in [6.07, 6.45) is 5.08. The summed E-state index contributed by atoms with van der Waals surface area (Å²) in [6, 6.07) is 0. The molecule has 18 heavy (non-hydrogen) atoms. The van der Waals surface area contributed by atoms with Crippen molar-refractivity contribution in [2.24, 2.45) is 5.92 Å². The van der Waals surface area contributed by atoms with Crippen LogP contribution in [0.2, 0.25) is 0 Å². The molecule has 1 aliphatic rings. The van der Waals surface area contributed by atoms with Crippen molar-refractivity contribution >= 4 is 17.3 Å². The van der Waals surface area contributed by atoms with Crippen LogP contribution in [0, 0.1) is 5.92 Å². The maximum absolute atomic E-state index is 11.3. The average molecular weight is 268 g/mol. The van der Waals surface area contributed by atoms with Crippen molar-refractivity contribution in [2.75, 3.05) is 26.7 Å². The molecule has 2 heterocycles. The number of aromatic nitrogens is 1. The minimum Gasteiger partial charge on any atom is -0.465 e. The molecule has 0 aromatic carbocycles. The lowest BCUT2D eigenvalue weighted by Crippen LogP contribution is -2.21. The Morgan fingerprint density at radius 3 is 3.22 bits per heavy atom. The van der Waals surface area contributed by atoms with Crippen LogP contribution < -0.4 is 0 Å². The molecule has 0 bridgehead atoms. The first kappa shape index (κ1) is 13.5. The molecule has 0 unspecified atom stereocenters. The van der Waals surface area contributed by atoms with Crippen LogP contribution in [0.4, 0.5) is 0 Å². The number of esters is 1. The van der Waals surface area contributed by atoms with Crippen LogP contribution in [0.25, 0.3) is 0 Å². The van der Waals surface area contributed by atoms with Crippen LogP contribution in [0.15, 0.2) is 6.20 Å². The zero-order chi connectivity index (χ0) is 13.0. The van der Waals surface area contributed by atoms with Crippen molar-refractivity contribution in [3.8, 4) is 0 Å². The van der Waals surface area contributed by atoms with E-state index < -0.39 is 0 Å². The first-order valence-corrected chi connectivity index (χ1v) is 7.30. The molecule has 0 spiro atoms. The Balaban J connectivity index is 1.87. The summed E-state index contributed by atoms with van der Waals surface area (Å²) in [4.78, 5) is 18.8. The van der Waals surface area contributed by atoms with Crippen LogP contribution in [0.3, 0.4) is 0 Å². The van der Waals surface area contributed by atoms with Crippen molar-refractivity contribution < 1.29 is 9.53 Å². The topological polar surface area (TPSA) is 42.4 Å². The fourth-order valence-corrected chi connectivity index (χ4v) is 3.40. The average Bonchev–Trinajstić information content (AvgIpc) is 2.99. The number of nitrogens with zero attached hydrogens (tertiary/aromatic N) is 2. The number of hydrogen-bond donors (Lipinski definition) is 0. The van der Waals surface area contributed by atoms with Gasteiger partial charge in [-0.1, -0.05) is 6.92 Å². The van der Waals surface area contributed by atoms with Crippen LogP contribution in [0.1, 0.15) is 34.4 Å². The quantitative estimate of drug-likeness (QED) is 0.768. The highest BCUT2D eigenvalue weighted by atomic mass is 32.1. The molecule has 1 atom stereocenters. The SMILES string of the molecule is CCCN1CC[C@@H](Cc2ncc(C(=O)OC)s2)C1. The molecule has 2 rings (SSSR count). The van der Waals surface area contributed by atoms with E-state index in [0.717, 1.165) is 11.4 Å². The van der Waals surface area contributed by atoms with Gasteiger partial charge in [0.25, 0.3) is 0 Å². The van der Waals surface area contributed by atoms with Crippen LogP contribution in [-0.2, 0) is 11.2 Å². The summed E-state index contributed by atoms with van der Waals surface area (Å²) in [6.45, 7) is 5.79. The maximum atomic E-state index is 11.3. The fourth-order valence-electron chi connectivity index (χ4n) is 2.45. The molecule has 0 saturated carbocycles. The molecule has 1 aromatic rings. The van der Waals surface area contributed by atoms with Gasteiger partial charge in [-0.3, -0.25) is 0 Å². The molecule has 0 amide bonds. The molecule has 1 aliphatic heterocycles. The molecule has 0 aliphatic carbocycles. The van der Waals surface area contributed by atoms with E-state index in [1.54, 1.807) is 6.20 Å². The highest BCUT2D eigenvalue weighted by Gasteiger charge is 2.23. The van der Waals surface area contributed by atoms with E-state index in [9.17, 15) is 4.79 Å². The third-order valence-electron chi connectivity index (χ3n) is 3.31. The van der Waals surface area contributed by atoms with Crippen LogP contribution >= 0.6 is 11.3 Å². The van der Waals surface area contributed by atoms with E-state index in [1.807, 2.05) is 0 Å². The van der Waals surface area contributed by atoms with Crippen molar-refractivity contribution in [3.63, 3.8) is 0 Å². The zero-order valence-electron chi connectivity index (χ0n) is 11.0. The van der Waals surface area contributed by atoms with Gasteiger partial charge in [0.2, 0.25) is 0 Å². The highest BCUT2D eigenvalue weighted by molar-refractivity contribution is 7.13. The molecule has 1 saturated heterocycles. The zero-order valence-corrected chi connectivity index (χ0v) is 11.8. The van der Waals surface area contributed by atoms with Gasteiger partial charge in [0.15, 0.2) is 0 Å². The smallest absolute Gasteiger partial charge is 0.349 e. The molecule has 0 N–H and O–H groups in total. The number of hydrogen-bond acceptors (Lipinski definition) is 5. The second kappa shape index (κ2) is 6.29. The number of thiazole rings is 1. The van der Waals surface area contributed by atoms with Gasteiger partial charge in [-0.15, -0.1) is 11.3 Å². The van der Waals surface area contributed by atoms with E-state index in [0.29, 0.717) is 10.8 Å². The van der Waals surface area contributed by atoms with E-state index >= 15 is 0 Å². The Kier molecular flexibility index (Phi) is 4.72. The minimum atomic E-state index is -0.280. The second-order valence-corrected chi connectivity index (χ2v) is 5.88. The molecular weight excluding hydrogens is 248 g/mol. The number of carbonyl (C=O) groups is 1. The number of carbonyl (C=O) groups excluding carboxylic acids is 1. The molecule has 1 aromatic heterocycles. The third-order valence-corrected chi connectivity index (χ3v) is 4.31. The van der Waals surface area contributed by atoms with Crippen molar-refractivity contribution in [1.29, 1.82) is 0 Å². The lowest BCUT2D eigenvalue weighted by Gasteiger charge is -2.13. The first-order valence-electron chi connectivity index (χ1n) is 6.48. The number of rotatable bonds is 5. The molecule has 100 valence electrons. The van der Waals surface area contributed by atoms with Gasteiger partial charge in [-0.2, -0.15) is 0 Å². The summed E-state index contributed by atoms with van der Waals surface area (Å²) in [5, 5.41) is 1.05. The number of methoxy groups -OCH3 is 1. The van der Waals surface area contributed by atoms with Gasteiger partial charge in [-0.05, 0) is 31.8 Å². The predicted octanol–water partition coefficient (Wildman–Crippen LogP) is 2.20. The molecule has 5 heteroatoms. The molecular formula is C13H20N2O2S. The van der Waals surface area contributed by atoms with Crippen LogP contribution in [0.5, 0.6) is 0 Å². The standard InChI is InChI=1S/C13H20N2O2S/c1-3-5-15-6-4-10(9-15)7-12-14-8-11(18-12)13(16)17-2/h8,10H,3-7,9H2,1-2H3/t10-/m0/s1. The Morgan fingerprint density at radius 2 is 2.50 bits per heavy atom. The first-order chi connectivity index (χ1) is 8.72. The summed E-state index contributed by atoms with van der Waals surface area (Å²) >= 11 is 1.46.